The first-order valence-electron chi connectivity index (χ1n) is 34.5. The Morgan fingerprint density at radius 1 is 0.260 bits per heavy atom. The third kappa shape index (κ3) is 64.3. The minimum absolute atomic E-state index is 0.0684. The van der Waals surface area contributed by atoms with E-state index in [0.717, 1.165) is 77.0 Å². The summed E-state index contributed by atoms with van der Waals surface area (Å²) >= 11 is 0. The largest absolute Gasteiger partial charge is 0.462 e. The number of rotatable bonds is 64. The summed E-state index contributed by atoms with van der Waals surface area (Å²) in [5, 5.41) is 0. The number of ether oxygens (including phenoxy) is 3. The number of esters is 3. The molecule has 0 amide bonds. The molecule has 0 rings (SSSR count). The molecule has 1 unspecified atom stereocenters. The average Bonchev–Trinajstić information content (AvgIpc) is 3.43. The van der Waals surface area contributed by atoms with Crippen molar-refractivity contribution in [3.05, 3.63) is 36.5 Å². The van der Waals surface area contributed by atoms with Crippen molar-refractivity contribution >= 4 is 17.9 Å². The Hall–Kier alpha value is -2.37. The quantitative estimate of drug-likeness (QED) is 0.0261. The predicted molar refractivity (Wildman–Crippen MR) is 335 cm³/mol. The highest BCUT2D eigenvalue weighted by Crippen LogP contribution is 2.18. The molecule has 0 aliphatic heterocycles. The fourth-order valence-electron chi connectivity index (χ4n) is 10.5. The lowest BCUT2D eigenvalue weighted by Crippen LogP contribution is -2.30. The first-order chi connectivity index (χ1) is 38.0. The minimum Gasteiger partial charge on any atom is -0.462 e. The summed E-state index contributed by atoms with van der Waals surface area (Å²) in [7, 11) is 0. The summed E-state index contributed by atoms with van der Waals surface area (Å²) in [5.41, 5.74) is 0. The molecule has 0 fully saturated rings. The van der Waals surface area contributed by atoms with E-state index in [9.17, 15) is 14.4 Å². The van der Waals surface area contributed by atoms with E-state index >= 15 is 0 Å². The maximum Gasteiger partial charge on any atom is 0.306 e. The highest BCUT2D eigenvalue weighted by Gasteiger charge is 2.19. The van der Waals surface area contributed by atoms with Crippen LogP contribution in [-0.4, -0.2) is 37.2 Å². The zero-order valence-corrected chi connectivity index (χ0v) is 52.0. The topological polar surface area (TPSA) is 78.9 Å². The smallest absolute Gasteiger partial charge is 0.306 e. The Balaban J connectivity index is 4.32. The maximum atomic E-state index is 12.9. The predicted octanol–water partition coefficient (Wildman–Crippen LogP) is 23.6. The number of unbranched alkanes of at least 4 members (excludes halogenated alkanes) is 47. The van der Waals surface area contributed by atoms with Gasteiger partial charge in [-0.25, -0.2) is 0 Å². The van der Waals surface area contributed by atoms with E-state index in [0.29, 0.717) is 19.3 Å². The van der Waals surface area contributed by atoms with Crippen molar-refractivity contribution in [2.75, 3.05) is 13.2 Å². The Morgan fingerprint density at radius 3 is 0.727 bits per heavy atom. The molecular weight excluding hydrogens is 949 g/mol. The second-order valence-electron chi connectivity index (χ2n) is 23.5. The molecule has 0 aliphatic carbocycles. The van der Waals surface area contributed by atoms with Crippen molar-refractivity contribution in [2.45, 2.75) is 386 Å². The van der Waals surface area contributed by atoms with Crippen LogP contribution in [0.3, 0.4) is 0 Å². The van der Waals surface area contributed by atoms with E-state index in [1.165, 1.54) is 263 Å². The van der Waals surface area contributed by atoms with E-state index in [1.807, 2.05) is 0 Å². The molecule has 452 valence electrons. The summed E-state index contributed by atoms with van der Waals surface area (Å²) < 4.78 is 17.0. The molecule has 6 heteroatoms. The molecule has 0 radical (unpaired) electrons. The van der Waals surface area contributed by atoms with Gasteiger partial charge in [-0.15, -0.1) is 0 Å². The summed E-state index contributed by atoms with van der Waals surface area (Å²) in [4.78, 5) is 38.4. The van der Waals surface area contributed by atoms with Crippen LogP contribution in [0, 0.1) is 0 Å². The molecule has 0 saturated heterocycles. The SMILES string of the molecule is CCCCCCC/C=C\C/C=C\C/C=C\CCCCCCCCCCC(=O)OCC(COC(=O)CCCCCCCCCCCCCCCCCCCC)OC(=O)CCCCCCCCCCCCCCCCCCCC. The Labute approximate surface area is 480 Å². The van der Waals surface area contributed by atoms with Crippen molar-refractivity contribution in [3.8, 4) is 0 Å². The van der Waals surface area contributed by atoms with E-state index in [2.05, 4.69) is 57.2 Å². The second-order valence-corrected chi connectivity index (χ2v) is 23.5. The van der Waals surface area contributed by atoms with Crippen LogP contribution in [0.4, 0.5) is 0 Å². The van der Waals surface area contributed by atoms with Crippen molar-refractivity contribution < 1.29 is 28.6 Å². The Bertz CT molecular complexity index is 1290. The van der Waals surface area contributed by atoms with Crippen LogP contribution in [0.1, 0.15) is 380 Å². The summed E-state index contributed by atoms with van der Waals surface area (Å²) in [6.07, 6.45) is 81.5. The van der Waals surface area contributed by atoms with Gasteiger partial charge in [0, 0.05) is 19.3 Å². The maximum absolute atomic E-state index is 12.9. The molecule has 0 aromatic heterocycles. The average molecular weight is 1080 g/mol. The molecule has 77 heavy (non-hydrogen) atoms. The highest BCUT2D eigenvalue weighted by atomic mass is 16.6. The van der Waals surface area contributed by atoms with Gasteiger partial charge in [0.1, 0.15) is 13.2 Å². The fraction of sp³-hybridized carbons (Fsp3) is 0.873. The van der Waals surface area contributed by atoms with E-state index in [1.54, 1.807) is 0 Å². The van der Waals surface area contributed by atoms with Crippen LogP contribution in [0.2, 0.25) is 0 Å². The lowest BCUT2D eigenvalue weighted by molar-refractivity contribution is -0.167. The fourth-order valence-corrected chi connectivity index (χ4v) is 10.5. The van der Waals surface area contributed by atoms with Crippen molar-refractivity contribution in [3.63, 3.8) is 0 Å². The monoisotopic (exact) mass is 1080 g/mol. The van der Waals surface area contributed by atoms with Gasteiger partial charge in [-0.05, 0) is 57.8 Å². The summed E-state index contributed by atoms with van der Waals surface area (Å²) in [6.45, 7) is 6.70. The second kappa shape index (κ2) is 66.1. The Morgan fingerprint density at radius 2 is 0.468 bits per heavy atom. The van der Waals surface area contributed by atoms with Crippen molar-refractivity contribution in [1.82, 2.24) is 0 Å². The number of hydrogen-bond donors (Lipinski definition) is 0. The first-order valence-corrected chi connectivity index (χ1v) is 34.5. The van der Waals surface area contributed by atoms with Crippen LogP contribution in [-0.2, 0) is 28.6 Å². The van der Waals surface area contributed by atoms with Crippen LogP contribution in [0.15, 0.2) is 36.5 Å². The Kier molecular flexibility index (Phi) is 64.1. The molecule has 0 spiro atoms. The van der Waals surface area contributed by atoms with Crippen LogP contribution in [0.5, 0.6) is 0 Å². The minimum atomic E-state index is -0.773. The third-order valence-corrected chi connectivity index (χ3v) is 15.6. The molecule has 0 aromatic rings. The molecule has 1 atom stereocenters. The van der Waals surface area contributed by atoms with Crippen LogP contribution < -0.4 is 0 Å². The molecule has 6 nitrogen and oxygen atoms in total. The van der Waals surface area contributed by atoms with E-state index < -0.39 is 6.10 Å². The molecule has 0 N–H and O–H groups in total. The first kappa shape index (κ1) is 74.6. The van der Waals surface area contributed by atoms with Gasteiger partial charge in [0.05, 0.1) is 0 Å². The summed E-state index contributed by atoms with van der Waals surface area (Å²) in [5.74, 6) is -0.845. The van der Waals surface area contributed by atoms with Crippen LogP contribution in [0.25, 0.3) is 0 Å². The molecule has 0 aliphatic rings. The number of allylic oxidation sites excluding steroid dienone is 6. The van der Waals surface area contributed by atoms with Gasteiger partial charge >= 0.3 is 17.9 Å². The van der Waals surface area contributed by atoms with Gasteiger partial charge in [0.15, 0.2) is 6.10 Å². The zero-order chi connectivity index (χ0) is 55.7. The normalized spacial score (nSPS) is 12.2. The van der Waals surface area contributed by atoms with Gasteiger partial charge in [-0.3, -0.25) is 14.4 Å². The number of hydrogen-bond acceptors (Lipinski definition) is 6. The third-order valence-electron chi connectivity index (χ3n) is 15.6. The highest BCUT2D eigenvalue weighted by molar-refractivity contribution is 5.71. The van der Waals surface area contributed by atoms with Crippen molar-refractivity contribution in [1.29, 1.82) is 0 Å². The van der Waals surface area contributed by atoms with Gasteiger partial charge in [-0.1, -0.05) is 340 Å². The van der Waals surface area contributed by atoms with Gasteiger partial charge in [-0.2, -0.15) is 0 Å². The van der Waals surface area contributed by atoms with Gasteiger partial charge < -0.3 is 14.2 Å². The molecule has 0 bridgehead atoms. The number of carbonyl (C=O) groups excluding carboxylic acids is 3. The van der Waals surface area contributed by atoms with Gasteiger partial charge in [0.2, 0.25) is 0 Å². The standard InChI is InChI=1S/C71H132O6/c1-4-7-10-13-16-19-22-25-28-31-34-35-36-37-38-41-43-46-49-52-55-58-61-64-70(73)76-67-68(77-71(74)65-62-59-56-53-50-47-44-40-33-30-27-24-21-18-15-12-9-6-3)66-75-69(72)63-60-57-54-51-48-45-42-39-32-29-26-23-20-17-14-11-8-5-2/h22,25,31,34,36-37,68H,4-21,23-24,26-30,32-33,35,38-67H2,1-3H3/b25-22-,34-31-,37-36-. The van der Waals surface area contributed by atoms with E-state index in [-0.39, 0.29) is 31.1 Å². The van der Waals surface area contributed by atoms with Crippen LogP contribution >= 0.6 is 0 Å². The lowest BCUT2D eigenvalue weighted by atomic mass is 10.0. The molecule has 0 aromatic carbocycles. The lowest BCUT2D eigenvalue weighted by Gasteiger charge is -2.18. The van der Waals surface area contributed by atoms with Gasteiger partial charge in [0.25, 0.3) is 0 Å². The molecule has 0 saturated carbocycles. The summed E-state index contributed by atoms with van der Waals surface area (Å²) in [6, 6.07) is 0. The number of carbonyl (C=O) groups is 3. The molecular formula is C71H132O6. The van der Waals surface area contributed by atoms with Crippen molar-refractivity contribution in [2.24, 2.45) is 0 Å². The zero-order valence-electron chi connectivity index (χ0n) is 52.0. The molecule has 0 heterocycles. The van der Waals surface area contributed by atoms with E-state index in [4.69, 9.17) is 14.2 Å².